The topological polar surface area (TPSA) is 39.4 Å². The molecule has 146 valence electrons. The van der Waals surface area contributed by atoms with Crippen LogP contribution >= 0.6 is 11.3 Å². The van der Waals surface area contributed by atoms with E-state index in [1.807, 2.05) is 18.3 Å². The van der Waals surface area contributed by atoms with E-state index >= 15 is 0 Å². The van der Waals surface area contributed by atoms with Crippen LogP contribution in [0.15, 0.2) is 12.1 Å². The fraction of sp³-hybridized carbons (Fsp3) is 0.545. The van der Waals surface area contributed by atoms with Crippen molar-refractivity contribution in [2.75, 3.05) is 13.2 Å². The maximum Gasteiger partial charge on any atom is 0.158 e. The minimum absolute atomic E-state index is 0.523. The summed E-state index contributed by atoms with van der Waals surface area (Å²) < 4.78 is 7.62. The first-order valence-electron chi connectivity index (χ1n) is 10.0. The van der Waals surface area contributed by atoms with Crippen LogP contribution < -0.4 is 0 Å². The van der Waals surface area contributed by atoms with Crippen molar-refractivity contribution < 1.29 is 4.74 Å². The first-order chi connectivity index (χ1) is 13.0. The Morgan fingerprint density at radius 3 is 2.52 bits per heavy atom. The molecule has 5 heteroatoms. The summed E-state index contributed by atoms with van der Waals surface area (Å²) >= 11 is 1.85. The van der Waals surface area contributed by atoms with Gasteiger partial charge in [0.25, 0.3) is 0 Å². The number of ether oxygens (including phenoxy) is 1. The van der Waals surface area contributed by atoms with Gasteiger partial charge in [-0.1, -0.05) is 13.8 Å². The molecule has 27 heavy (non-hydrogen) atoms. The molecule has 0 aliphatic rings. The van der Waals surface area contributed by atoms with Crippen molar-refractivity contribution in [3.05, 3.63) is 39.5 Å². The predicted molar refractivity (Wildman–Crippen MR) is 114 cm³/mol. The maximum atomic E-state index is 5.53. The quantitative estimate of drug-likeness (QED) is 0.456. The highest BCUT2D eigenvalue weighted by atomic mass is 32.1. The summed E-state index contributed by atoms with van der Waals surface area (Å²) in [6.07, 6.45) is 3.20. The van der Waals surface area contributed by atoms with Gasteiger partial charge in [0.05, 0.1) is 22.9 Å². The highest BCUT2D eigenvalue weighted by Crippen LogP contribution is 2.37. The Morgan fingerprint density at radius 1 is 1.11 bits per heavy atom. The van der Waals surface area contributed by atoms with Crippen molar-refractivity contribution in [2.24, 2.45) is 0 Å². The van der Waals surface area contributed by atoms with Crippen LogP contribution in [-0.2, 0) is 11.2 Å². The first-order valence-corrected chi connectivity index (χ1v) is 10.9. The number of rotatable bonds is 8. The molecule has 0 aromatic carbocycles. The Hall–Kier alpha value is -1.72. The molecule has 0 fully saturated rings. The summed E-state index contributed by atoms with van der Waals surface area (Å²) in [4.78, 5) is 7.59. The Labute approximate surface area is 166 Å². The molecule has 0 unspecified atom stereocenters. The average Bonchev–Trinajstić information content (AvgIpc) is 3.15. The Balaban J connectivity index is 2.12. The second kappa shape index (κ2) is 8.53. The highest BCUT2D eigenvalue weighted by Gasteiger charge is 2.21. The fourth-order valence-corrected chi connectivity index (χ4v) is 5.03. The van der Waals surface area contributed by atoms with Gasteiger partial charge in [-0.25, -0.2) is 9.50 Å². The minimum Gasteiger partial charge on any atom is -0.381 e. The van der Waals surface area contributed by atoms with Crippen LogP contribution in [0.1, 0.15) is 66.9 Å². The van der Waals surface area contributed by atoms with Gasteiger partial charge in [-0.2, -0.15) is 5.10 Å². The minimum atomic E-state index is 0.523. The predicted octanol–water partition coefficient (Wildman–Crippen LogP) is 5.87. The van der Waals surface area contributed by atoms with E-state index in [0.717, 1.165) is 55.2 Å². The molecule has 0 aliphatic carbocycles. The summed E-state index contributed by atoms with van der Waals surface area (Å²) in [5.41, 5.74) is 6.89. The third kappa shape index (κ3) is 3.94. The summed E-state index contributed by atoms with van der Waals surface area (Å²) in [6.45, 7) is 14.5. The van der Waals surface area contributed by atoms with Crippen LogP contribution in [0.5, 0.6) is 0 Å². The zero-order chi connectivity index (χ0) is 19.6. The van der Waals surface area contributed by atoms with E-state index in [-0.39, 0.29) is 0 Å². The second-order valence-electron chi connectivity index (χ2n) is 7.21. The molecule has 0 N–H and O–H groups in total. The van der Waals surface area contributed by atoms with Crippen LogP contribution in [0.2, 0.25) is 0 Å². The lowest BCUT2D eigenvalue weighted by atomic mass is 9.95. The van der Waals surface area contributed by atoms with E-state index < -0.39 is 0 Å². The van der Waals surface area contributed by atoms with Crippen molar-refractivity contribution in [3.63, 3.8) is 0 Å². The van der Waals surface area contributed by atoms with Gasteiger partial charge in [0.15, 0.2) is 5.65 Å². The van der Waals surface area contributed by atoms with Gasteiger partial charge in [-0.3, -0.25) is 0 Å². The lowest BCUT2D eigenvalue weighted by Gasteiger charge is -2.14. The van der Waals surface area contributed by atoms with Gasteiger partial charge in [0, 0.05) is 23.5 Å². The number of aromatic nitrogens is 3. The molecule has 0 radical (unpaired) electrons. The summed E-state index contributed by atoms with van der Waals surface area (Å²) in [6, 6.07) is 4.51. The molecule has 0 saturated heterocycles. The zero-order valence-electron chi connectivity index (χ0n) is 17.4. The molecular formula is C22H31N3OS. The van der Waals surface area contributed by atoms with Crippen molar-refractivity contribution in [1.82, 2.24) is 14.6 Å². The van der Waals surface area contributed by atoms with E-state index in [1.165, 1.54) is 20.9 Å². The highest BCUT2D eigenvalue weighted by molar-refractivity contribution is 7.15. The van der Waals surface area contributed by atoms with Gasteiger partial charge in [-0.05, 0) is 64.2 Å². The van der Waals surface area contributed by atoms with Crippen molar-refractivity contribution in [2.45, 2.75) is 66.7 Å². The van der Waals surface area contributed by atoms with Gasteiger partial charge in [0.2, 0.25) is 0 Å². The Bertz CT molecular complexity index is 921. The maximum absolute atomic E-state index is 5.53. The molecule has 0 bridgehead atoms. The van der Waals surface area contributed by atoms with Gasteiger partial charge < -0.3 is 4.74 Å². The zero-order valence-corrected chi connectivity index (χ0v) is 18.2. The number of hydrogen-bond donors (Lipinski definition) is 0. The number of fused-ring (bicyclic) bond motifs is 1. The van der Waals surface area contributed by atoms with Crippen molar-refractivity contribution >= 4 is 17.0 Å². The van der Waals surface area contributed by atoms with Gasteiger partial charge in [0.1, 0.15) is 5.69 Å². The Morgan fingerprint density at radius 2 is 1.85 bits per heavy atom. The van der Waals surface area contributed by atoms with Crippen molar-refractivity contribution in [1.29, 1.82) is 0 Å². The molecular weight excluding hydrogens is 354 g/mol. The normalized spacial score (nSPS) is 11.8. The van der Waals surface area contributed by atoms with Crippen LogP contribution in [0.4, 0.5) is 0 Å². The lowest BCUT2D eigenvalue weighted by Crippen LogP contribution is -2.05. The van der Waals surface area contributed by atoms with Crippen LogP contribution in [0.3, 0.4) is 0 Å². The molecule has 0 saturated carbocycles. The summed E-state index contributed by atoms with van der Waals surface area (Å²) in [7, 11) is 0. The molecule has 0 aliphatic heterocycles. The third-order valence-electron chi connectivity index (χ3n) is 5.22. The van der Waals surface area contributed by atoms with Crippen LogP contribution in [0, 0.1) is 20.8 Å². The standard InChI is InChI=1S/C22H31N3OS/c1-7-17(8-2)19-13-15(5)24-25-20(16(6)23-22(19)25)21-14(4)12-18(27-21)10-11-26-9-3/h12-13,17H,7-11H2,1-6H3. The van der Waals surface area contributed by atoms with Gasteiger partial charge >= 0.3 is 0 Å². The third-order valence-corrected chi connectivity index (χ3v) is 6.52. The van der Waals surface area contributed by atoms with E-state index in [2.05, 4.69) is 51.3 Å². The van der Waals surface area contributed by atoms with E-state index in [1.54, 1.807) is 0 Å². The van der Waals surface area contributed by atoms with Crippen LogP contribution in [0.25, 0.3) is 16.2 Å². The largest absolute Gasteiger partial charge is 0.381 e. The molecule has 0 spiro atoms. The second-order valence-corrected chi connectivity index (χ2v) is 8.34. The Kier molecular flexibility index (Phi) is 6.33. The molecule has 3 heterocycles. The lowest BCUT2D eigenvalue weighted by molar-refractivity contribution is 0.151. The first kappa shape index (κ1) is 20.0. The SMILES string of the molecule is CCOCCc1cc(C)c(-c2c(C)nc3c(C(CC)CC)cc(C)nn23)s1. The number of hydrogen-bond acceptors (Lipinski definition) is 4. The molecule has 0 atom stereocenters. The molecule has 3 aromatic rings. The number of thiophene rings is 1. The van der Waals surface area contributed by atoms with Gasteiger partial charge in [-0.15, -0.1) is 11.3 Å². The average molecular weight is 386 g/mol. The van der Waals surface area contributed by atoms with Crippen LogP contribution in [-0.4, -0.2) is 27.8 Å². The monoisotopic (exact) mass is 385 g/mol. The molecule has 4 nitrogen and oxygen atoms in total. The number of aryl methyl sites for hydroxylation is 3. The van der Waals surface area contributed by atoms with E-state index in [9.17, 15) is 0 Å². The molecule has 3 aromatic heterocycles. The van der Waals surface area contributed by atoms with E-state index in [4.69, 9.17) is 14.8 Å². The molecule has 3 rings (SSSR count). The molecule has 0 amide bonds. The van der Waals surface area contributed by atoms with E-state index in [0.29, 0.717) is 5.92 Å². The summed E-state index contributed by atoms with van der Waals surface area (Å²) in [5.74, 6) is 0.523. The summed E-state index contributed by atoms with van der Waals surface area (Å²) in [5, 5.41) is 4.85. The number of imidazole rings is 1. The smallest absolute Gasteiger partial charge is 0.158 e. The fourth-order valence-electron chi connectivity index (χ4n) is 3.79. The van der Waals surface area contributed by atoms with Crippen molar-refractivity contribution in [3.8, 4) is 10.6 Å². The number of nitrogens with zero attached hydrogens (tertiary/aromatic N) is 3.